The summed E-state index contributed by atoms with van der Waals surface area (Å²) in [7, 11) is 0. The topological polar surface area (TPSA) is 73.3 Å². The van der Waals surface area contributed by atoms with E-state index in [1.54, 1.807) is 24.4 Å². The minimum absolute atomic E-state index is 0. The van der Waals surface area contributed by atoms with Gasteiger partial charge in [0.1, 0.15) is 12.0 Å². The molecule has 28 heavy (non-hydrogen) atoms. The summed E-state index contributed by atoms with van der Waals surface area (Å²) in [5.74, 6) is -0.573. The Morgan fingerprint density at radius 1 is 1.04 bits per heavy atom. The lowest BCUT2D eigenvalue weighted by atomic mass is 10.1. The van der Waals surface area contributed by atoms with Crippen molar-refractivity contribution in [2.75, 3.05) is 0 Å². The lowest BCUT2D eigenvalue weighted by molar-refractivity contribution is -0.388. The minimum atomic E-state index is -0.495. The van der Waals surface area contributed by atoms with Crippen molar-refractivity contribution in [1.29, 1.82) is 0 Å². The van der Waals surface area contributed by atoms with Gasteiger partial charge >= 0.3 is 5.82 Å². The van der Waals surface area contributed by atoms with E-state index in [-0.39, 0.29) is 13.2 Å². The summed E-state index contributed by atoms with van der Waals surface area (Å²) in [6, 6.07) is 11.9. The largest absolute Gasteiger partial charge is 0.371 e. The van der Waals surface area contributed by atoms with Gasteiger partial charge in [0.05, 0.1) is 17.5 Å². The van der Waals surface area contributed by atoms with Crippen molar-refractivity contribution in [3.8, 4) is 22.4 Å². The molecule has 6 nitrogen and oxygen atoms in total. The van der Waals surface area contributed by atoms with Gasteiger partial charge in [-0.1, -0.05) is 21.3 Å². The first-order valence-corrected chi connectivity index (χ1v) is 8.45. The standard InChI is InChI=1S/C18H11FN4O2.C2H6.CH4/c19-14-4-6-17(21-9-14)12-3-5-15-8-13(11-22(15)10-12)16-2-1-7-20-18(16)23(24)25;1-2;/h1-11H;1-2H3;1H4. The number of nitro groups is 1. The maximum absolute atomic E-state index is 13.0. The third-order valence-electron chi connectivity index (χ3n) is 3.89. The van der Waals surface area contributed by atoms with Crippen LogP contribution in [0.4, 0.5) is 10.2 Å². The second-order valence-corrected chi connectivity index (χ2v) is 5.47. The molecule has 0 aliphatic heterocycles. The Bertz CT molecular complexity index is 1090. The quantitative estimate of drug-likeness (QED) is 0.334. The van der Waals surface area contributed by atoms with E-state index >= 15 is 0 Å². The highest BCUT2D eigenvalue weighted by molar-refractivity contribution is 5.76. The summed E-state index contributed by atoms with van der Waals surface area (Å²) in [6.45, 7) is 4.00. The number of hydrogen-bond donors (Lipinski definition) is 0. The third-order valence-corrected chi connectivity index (χ3v) is 3.89. The second kappa shape index (κ2) is 8.85. The zero-order valence-corrected chi connectivity index (χ0v) is 14.8. The average Bonchev–Trinajstić information content (AvgIpc) is 3.13. The lowest BCUT2D eigenvalue weighted by Crippen LogP contribution is -1.94. The van der Waals surface area contributed by atoms with Crippen molar-refractivity contribution < 1.29 is 9.31 Å². The third kappa shape index (κ3) is 4.03. The van der Waals surface area contributed by atoms with Crippen LogP contribution in [-0.2, 0) is 0 Å². The molecule has 0 bridgehead atoms. The predicted molar refractivity (Wildman–Crippen MR) is 109 cm³/mol. The molecule has 0 saturated carbocycles. The maximum Gasteiger partial charge on any atom is 0.371 e. The van der Waals surface area contributed by atoms with Crippen LogP contribution in [0.2, 0.25) is 0 Å². The van der Waals surface area contributed by atoms with Gasteiger partial charge < -0.3 is 14.5 Å². The van der Waals surface area contributed by atoms with Gasteiger partial charge in [-0.05, 0) is 52.4 Å². The highest BCUT2D eigenvalue weighted by Gasteiger charge is 2.17. The van der Waals surface area contributed by atoms with Gasteiger partial charge in [0.2, 0.25) is 0 Å². The fraction of sp³-hybridized carbons (Fsp3) is 0.143. The molecule has 7 heteroatoms. The van der Waals surface area contributed by atoms with Crippen molar-refractivity contribution in [2.45, 2.75) is 21.3 Å². The van der Waals surface area contributed by atoms with E-state index in [2.05, 4.69) is 9.97 Å². The number of aromatic nitrogens is 3. The van der Waals surface area contributed by atoms with Crippen molar-refractivity contribution in [3.63, 3.8) is 0 Å². The van der Waals surface area contributed by atoms with Gasteiger partial charge in [-0.2, -0.15) is 0 Å². The molecule has 0 radical (unpaired) electrons. The molecule has 0 atom stereocenters. The van der Waals surface area contributed by atoms with Gasteiger partial charge in [0.25, 0.3) is 0 Å². The zero-order valence-electron chi connectivity index (χ0n) is 14.8. The van der Waals surface area contributed by atoms with E-state index in [0.29, 0.717) is 16.8 Å². The smallest absolute Gasteiger partial charge is 0.358 e. The van der Waals surface area contributed by atoms with E-state index < -0.39 is 10.7 Å². The van der Waals surface area contributed by atoms with Crippen molar-refractivity contribution >= 4 is 11.3 Å². The average molecular weight is 380 g/mol. The molecule has 0 fully saturated rings. The van der Waals surface area contributed by atoms with E-state index in [1.165, 1.54) is 18.5 Å². The number of pyridine rings is 3. The maximum atomic E-state index is 13.0. The van der Waals surface area contributed by atoms with Crippen LogP contribution in [0.1, 0.15) is 21.3 Å². The van der Waals surface area contributed by atoms with Crippen LogP contribution in [0.3, 0.4) is 0 Å². The van der Waals surface area contributed by atoms with E-state index in [9.17, 15) is 14.5 Å². The molecule has 144 valence electrons. The van der Waals surface area contributed by atoms with Gasteiger partial charge in [0, 0.05) is 29.0 Å². The summed E-state index contributed by atoms with van der Waals surface area (Å²) in [6.07, 6.45) is 6.21. The molecule has 0 aromatic carbocycles. The Morgan fingerprint density at radius 3 is 2.46 bits per heavy atom. The molecule has 0 saturated heterocycles. The van der Waals surface area contributed by atoms with Crippen LogP contribution in [0.15, 0.2) is 67.3 Å². The van der Waals surface area contributed by atoms with E-state index in [1.807, 2.05) is 42.6 Å². The SMILES string of the molecule is C.CC.O=[N+]([O-])c1ncccc1-c1cc2ccc(-c3ccc(F)cn3)cn2c1. The van der Waals surface area contributed by atoms with Crippen LogP contribution in [0, 0.1) is 15.9 Å². The molecule has 0 aliphatic carbocycles. The summed E-state index contributed by atoms with van der Waals surface area (Å²) in [4.78, 5) is 18.6. The molecule has 4 aromatic heterocycles. The second-order valence-electron chi connectivity index (χ2n) is 5.47. The Labute approximate surface area is 162 Å². The number of fused-ring (bicyclic) bond motifs is 1. The number of halogens is 1. The molecular formula is C21H21FN4O2. The van der Waals surface area contributed by atoms with Crippen LogP contribution in [0.25, 0.3) is 27.9 Å². The summed E-state index contributed by atoms with van der Waals surface area (Å²) in [5, 5.41) is 11.2. The van der Waals surface area contributed by atoms with Crippen molar-refractivity contribution in [2.24, 2.45) is 0 Å². The van der Waals surface area contributed by atoms with E-state index in [4.69, 9.17) is 0 Å². The Hall–Kier alpha value is -3.61. The molecule has 0 aliphatic rings. The molecule has 4 heterocycles. The molecule has 0 amide bonds. The first-order valence-electron chi connectivity index (χ1n) is 8.45. The first-order chi connectivity index (χ1) is 13.1. The number of rotatable bonds is 3. The Balaban J connectivity index is 0.000000906. The molecule has 0 N–H and O–H groups in total. The molecular weight excluding hydrogens is 359 g/mol. The van der Waals surface area contributed by atoms with Gasteiger partial charge in [-0.3, -0.25) is 4.98 Å². The molecule has 0 spiro atoms. The van der Waals surface area contributed by atoms with Crippen LogP contribution in [-0.4, -0.2) is 19.3 Å². The number of nitrogens with zero attached hydrogens (tertiary/aromatic N) is 4. The van der Waals surface area contributed by atoms with Crippen molar-refractivity contribution in [3.05, 3.63) is 83.2 Å². The fourth-order valence-electron chi connectivity index (χ4n) is 2.72. The summed E-state index contributed by atoms with van der Waals surface area (Å²) in [5.41, 5.74) is 3.49. The van der Waals surface area contributed by atoms with Crippen LogP contribution in [0.5, 0.6) is 0 Å². The monoisotopic (exact) mass is 380 g/mol. The van der Waals surface area contributed by atoms with Gasteiger partial charge in [-0.25, -0.2) is 4.39 Å². The summed E-state index contributed by atoms with van der Waals surface area (Å²) >= 11 is 0. The highest BCUT2D eigenvalue weighted by atomic mass is 19.1. The molecule has 0 unspecified atom stereocenters. The van der Waals surface area contributed by atoms with Crippen LogP contribution < -0.4 is 0 Å². The number of hydrogen-bond acceptors (Lipinski definition) is 4. The predicted octanol–water partition coefficient (Wildman–Crippen LogP) is 5.77. The fourth-order valence-corrected chi connectivity index (χ4v) is 2.72. The highest BCUT2D eigenvalue weighted by Crippen LogP contribution is 2.30. The normalized spacial score (nSPS) is 9.96. The van der Waals surface area contributed by atoms with Crippen LogP contribution >= 0.6 is 0 Å². The molecule has 4 aromatic rings. The van der Waals surface area contributed by atoms with E-state index in [0.717, 1.165) is 11.1 Å². The Kier molecular flexibility index (Phi) is 6.55. The van der Waals surface area contributed by atoms with Crippen molar-refractivity contribution in [1.82, 2.24) is 14.4 Å². The Morgan fingerprint density at radius 2 is 1.79 bits per heavy atom. The summed E-state index contributed by atoms with van der Waals surface area (Å²) < 4.78 is 14.9. The molecule has 4 rings (SSSR count). The lowest BCUT2D eigenvalue weighted by Gasteiger charge is -2.02. The first kappa shape index (κ1) is 20.7. The van der Waals surface area contributed by atoms with Gasteiger partial charge in [-0.15, -0.1) is 0 Å². The van der Waals surface area contributed by atoms with Gasteiger partial charge in [0.15, 0.2) is 0 Å². The minimum Gasteiger partial charge on any atom is -0.358 e. The zero-order chi connectivity index (χ0) is 19.4.